The summed E-state index contributed by atoms with van der Waals surface area (Å²) in [6.07, 6.45) is 3.47. The Kier molecular flexibility index (Phi) is 6.64. The maximum absolute atomic E-state index is 13.5. The molecule has 2 N–H and O–H groups in total. The minimum absolute atomic E-state index is 0.0186. The molecule has 1 aliphatic heterocycles. The van der Waals surface area contributed by atoms with Crippen molar-refractivity contribution in [3.63, 3.8) is 0 Å². The number of para-hydroxylation sites is 1. The zero-order valence-electron chi connectivity index (χ0n) is 23.1. The monoisotopic (exact) mass is 587 g/mol. The van der Waals surface area contributed by atoms with Crippen LogP contribution in [0.25, 0.3) is 10.2 Å². The third-order valence-electron chi connectivity index (χ3n) is 7.38. The number of nitriles is 1. The number of ether oxygens (including phenoxy) is 2. The van der Waals surface area contributed by atoms with Crippen molar-refractivity contribution in [2.75, 3.05) is 15.5 Å². The van der Waals surface area contributed by atoms with E-state index >= 15 is 0 Å². The van der Waals surface area contributed by atoms with Crippen molar-refractivity contribution in [2.24, 2.45) is 5.92 Å². The molecule has 1 fully saturated rings. The number of amides is 3. The number of pyridine rings is 1. The summed E-state index contributed by atoms with van der Waals surface area (Å²) in [4.78, 5) is 32.8. The van der Waals surface area contributed by atoms with E-state index in [0.29, 0.717) is 44.9 Å². The number of aromatic nitrogens is 1. The number of anilines is 4. The van der Waals surface area contributed by atoms with Gasteiger partial charge in [-0.2, -0.15) is 5.26 Å². The van der Waals surface area contributed by atoms with E-state index in [1.54, 1.807) is 29.3 Å². The lowest BCUT2D eigenvalue weighted by Gasteiger charge is -2.29. The van der Waals surface area contributed by atoms with E-state index in [9.17, 15) is 14.9 Å². The summed E-state index contributed by atoms with van der Waals surface area (Å²) in [7, 11) is 0. The predicted molar refractivity (Wildman–Crippen MR) is 165 cm³/mol. The standard InChI is InChI=1S/C33H25N5O4S/c1-19-15-24(42-23-7-4-5-20(16-23)18-41-27-8-3-2-6-22(27)17-34)11-12-25(19)38-26-13-14-35-31-28(26)29(36-33(38)40)32(43-31)37-30(39)21-9-10-21/h2-8,11-16,21H,9-10,18H2,1H3,(H,36,40)(H,37,39). The normalized spacial score (nSPS) is 13.8. The third-order valence-corrected chi connectivity index (χ3v) is 8.39. The molecule has 0 bridgehead atoms. The molecule has 5 aromatic rings. The molecule has 3 amide bonds. The van der Waals surface area contributed by atoms with E-state index in [2.05, 4.69) is 21.7 Å². The number of thiophene rings is 1. The van der Waals surface area contributed by atoms with Gasteiger partial charge in [-0.1, -0.05) is 35.6 Å². The lowest BCUT2D eigenvalue weighted by atomic mass is 10.1. The lowest BCUT2D eigenvalue weighted by Crippen LogP contribution is -2.34. The summed E-state index contributed by atoms with van der Waals surface area (Å²) in [6.45, 7) is 2.21. The molecule has 10 heteroatoms. The Morgan fingerprint density at radius 2 is 1.93 bits per heavy atom. The molecule has 212 valence electrons. The summed E-state index contributed by atoms with van der Waals surface area (Å²) in [5.41, 5.74) is 4.22. The first-order valence-corrected chi connectivity index (χ1v) is 14.6. The molecular formula is C33H25N5O4S. The number of carbonyl (C=O) groups is 2. The van der Waals surface area contributed by atoms with Gasteiger partial charge >= 0.3 is 6.03 Å². The molecule has 0 unspecified atom stereocenters. The van der Waals surface area contributed by atoms with Gasteiger partial charge in [0.15, 0.2) is 0 Å². The second-order valence-corrected chi connectivity index (χ2v) is 11.4. The summed E-state index contributed by atoms with van der Waals surface area (Å²) < 4.78 is 12.0. The van der Waals surface area contributed by atoms with Crippen molar-refractivity contribution < 1.29 is 19.1 Å². The number of hydrogen-bond donors (Lipinski definition) is 2. The van der Waals surface area contributed by atoms with Gasteiger partial charge in [0, 0.05) is 12.1 Å². The Bertz CT molecular complexity index is 1960. The zero-order chi connectivity index (χ0) is 29.5. The average Bonchev–Trinajstić information content (AvgIpc) is 3.81. The predicted octanol–water partition coefficient (Wildman–Crippen LogP) is 7.88. The van der Waals surface area contributed by atoms with Crippen LogP contribution in [0.4, 0.5) is 26.9 Å². The Balaban J connectivity index is 1.12. The van der Waals surface area contributed by atoms with Gasteiger partial charge < -0.3 is 20.1 Å². The van der Waals surface area contributed by atoms with Gasteiger partial charge in [-0.25, -0.2) is 9.78 Å². The molecule has 0 saturated heterocycles. The highest BCUT2D eigenvalue weighted by molar-refractivity contribution is 7.23. The second kappa shape index (κ2) is 10.8. The summed E-state index contributed by atoms with van der Waals surface area (Å²) in [5.74, 6) is 1.82. The van der Waals surface area contributed by atoms with Crippen molar-refractivity contribution in [1.29, 1.82) is 5.26 Å². The molecule has 0 atom stereocenters. The van der Waals surface area contributed by atoms with Crippen LogP contribution in [0.3, 0.4) is 0 Å². The minimum atomic E-state index is -0.317. The number of rotatable bonds is 8. The maximum Gasteiger partial charge on any atom is 0.331 e. The van der Waals surface area contributed by atoms with Gasteiger partial charge in [0.25, 0.3) is 0 Å². The highest BCUT2D eigenvalue weighted by Crippen LogP contribution is 2.49. The lowest BCUT2D eigenvalue weighted by molar-refractivity contribution is -0.117. The Labute approximate surface area is 251 Å². The number of carbonyl (C=O) groups excluding carboxylic acids is 2. The van der Waals surface area contributed by atoms with Crippen molar-refractivity contribution in [3.8, 4) is 23.3 Å². The fourth-order valence-corrected chi connectivity index (χ4v) is 6.12. The number of aryl methyl sites for hydroxylation is 1. The minimum Gasteiger partial charge on any atom is -0.488 e. The molecule has 43 heavy (non-hydrogen) atoms. The molecule has 2 aliphatic rings. The van der Waals surface area contributed by atoms with Crippen LogP contribution in [0.2, 0.25) is 0 Å². The highest BCUT2D eigenvalue weighted by atomic mass is 32.1. The first-order valence-electron chi connectivity index (χ1n) is 13.8. The van der Waals surface area contributed by atoms with Crippen molar-refractivity contribution in [2.45, 2.75) is 26.4 Å². The Morgan fingerprint density at radius 3 is 2.74 bits per heavy atom. The van der Waals surface area contributed by atoms with Crippen LogP contribution in [-0.2, 0) is 11.4 Å². The summed E-state index contributed by atoms with van der Waals surface area (Å²) >= 11 is 1.36. The average molecular weight is 588 g/mol. The number of hydrogen-bond acceptors (Lipinski definition) is 7. The largest absolute Gasteiger partial charge is 0.488 e. The van der Waals surface area contributed by atoms with Gasteiger partial charge in [-0.3, -0.25) is 9.69 Å². The first-order chi connectivity index (χ1) is 21.0. The van der Waals surface area contributed by atoms with E-state index in [0.717, 1.165) is 34.2 Å². The first kappa shape index (κ1) is 26.5. The Hall–Kier alpha value is -5.40. The number of benzene rings is 3. The van der Waals surface area contributed by atoms with E-state index in [-0.39, 0.29) is 24.5 Å². The molecular weight excluding hydrogens is 562 g/mol. The Morgan fingerprint density at radius 1 is 1.09 bits per heavy atom. The van der Waals surface area contributed by atoms with Crippen LogP contribution in [0, 0.1) is 24.2 Å². The number of urea groups is 1. The van der Waals surface area contributed by atoms with Gasteiger partial charge in [0.05, 0.1) is 28.0 Å². The number of nitrogens with one attached hydrogen (secondary N) is 2. The van der Waals surface area contributed by atoms with Gasteiger partial charge in [0.2, 0.25) is 5.91 Å². The molecule has 0 spiro atoms. The topological polar surface area (TPSA) is 117 Å². The van der Waals surface area contributed by atoms with Crippen molar-refractivity contribution in [1.82, 2.24) is 4.98 Å². The maximum atomic E-state index is 13.5. The molecule has 3 aromatic carbocycles. The van der Waals surface area contributed by atoms with Crippen LogP contribution in [0.15, 0.2) is 79.0 Å². The van der Waals surface area contributed by atoms with Crippen LogP contribution in [0.1, 0.15) is 29.5 Å². The van der Waals surface area contributed by atoms with Crippen molar-refractivity contribution in [3.05, 3.63) is 95.7 Å². The molecule has 2 aromatic heterocycles. The molecule has 1 aliphatic carbocycles. The third kappa shape index (κ3) is 5.11. The van der Waals surface area contributed by atoms with Gasteiger partial charge in [-0.15, -0.1) is 0 Å². The quantitative estimate of drug-likeness (QED) is 0.191. The van der Waals surface area contributed by atoms with Crippen LogP contribution < -0.4 is 25.0 Å². The molecule has 1 saturated carbocycles. The molecule has 7 rings (SSSR count). The van der Waals surface area contributed by atoms with Gasteiger partial charge in [-0.05, 0) is 79.4 Å². The molecule has 9 nitrogen and oxygen atoms in total. The van der Waals surface area contributed by atoms with Crippen LogP contribution >= 0.6 is 11.3 Å². The zero-order valence-corrected chi connectivity index (χ0v) is 23.9. The van der Waals surface area contributed by atoms with E-state index in [1.807, 2.05) is 61.5 Å². The van der Waals surface area contributed by atoms with Crippen LogP contribution in [0.5, 0.6) is 17.2 Å². The fourth-order valence-electron chi connectivity index (χ4n) is 5.09. The SMILES string of the molecule is Cc1cc(Oc2cccc(COc3ccccc3C#N)c2)ccc1N1C(=O)Nc2c(NC(=O)C3CC3)sc3nccc1c23. The van der Waals surface area contributed by atoms with Gasteiger partial charge in [0.1, 0.15) is 39.8 Å². The summed E-state index contributed by atoms with van der Waals surface area (Å²) in [6, 6.07) is 23.9. The summed E-state index contributed by atoms with van der Waals surface area (Å²) in [5, 5.41) is 16.7. The van der Waals surface area contributed by atoms with E-state index in [1.165, 1.54) is 11.3 Å². The van der Waals surface area contributed by atoms with Crippen LogP contribution in [-0.4, -0.2) is 16.9 Å². The highest BCUT2D eigenvalue weighted by Gasteiger charge is 2.34. The fraction of sp³-hybridized carbons (Fsp3) is 0.152. The van der Waals surface area contributed by atoms with E-state index in [4.69, 9.17) is 9.47 Å². The van der Waals surface area contributed by atoms with Crippen molar-refractivity contribution >= 4 is 55.6 Å². The van der Waals surface area contributed by atoms with E-state index < -0.39 is 0 Å². The molecule has 0 radical (unpaired) electrons. The molecule has 3 heterocycles. The number of nitrogens with zero attached hydrogens (tertiary/aromatic N) is 3. The smallest absolute Gasteiger partial charge is 0.331 e. The second-order valence-electron chi connectivity index (χ2n) is 10.4.